The maximum Gasteiger partial charge on any atom is 0.187 e. The van der Waals surface area contributed by atoms with Crippen LogP contribution in [0.5, 0.6) is 5.75 Å². The Morgan fingerprint density at radius 1 is 1.05 bits per heavy atom. The predicted octanol–water partition coefficient (Wildman–Crippen LogP) is 2.44. The summed E-state index contributed by atoms with van der Waals surface area (Å²) >= 11 is 0. The first-order chi connectivity index (χ1) is 8.93. The van der Waals surface area contributed by atoms with Gasteiger partial charge in [-0.05, 0) is 44.8 Å². The maximum absolute atomic E-state index is 13.3. The Balaban J connectivity index is 2.72. The van der Waals surface area contributed by atoms with Gasteiger partial charge in [0, 0.05) is 19.6 Å². The van der Waals surface area contributed by atoms with Gasteiger partial charge in [-0.25, -0.2) is 8.78 Å². The molecule has 0 saturated heterocycles. The van der Waals surface area contributed by atoms with Crippen LogP contribution in [0.3, 0.4) is 0 Å². The fraction of sp³-hybridized carbons (Fsp3) is 0.571. The molecule has 0 aromatic heterocycles. The molecule has 0 spiro atoms. The number of phenols is 1. The second-order valence-electron chi connectivity index (χ2n) is 4.99. The quantitative estimate of drug-likeness (QED) is 0.826. The largest absolute Gasteiger partial charge is 0.503 e. The van der Waals surface area contributed by atoms with E-state index in [0.717, 1.165) is 26.1 Å². The van der Waals surface area contributed by atoms with E-state index in [-0.39, 0.29) is 0 Å². The van der Waals surface area contributed by atoms with Gasteiger partial charge in [0.2, 0.25) is 0 Å². The molecule has 0 amide bonds. The molecule has 19 heavy (non-hydrogen) atoms. The summed E-state index contributed by atoms with van der Waals surface area (Å²) in [5.41, 5.74) is 0.542. The van der Waals surface area contributed by atoms with E-state index in [9.17, 15) is 8.78 Å². The number of nitrogens with zero attached hydrogens (tertiary/aromatic N) is 2. The van der Waals surface area contributed by atoms with Crippen molar-refractivity contribution in [3.63, 3.8) is 0 Å². The lowest BCUT2D eigenvalue weighted by atomic mass is 10.2. The fourth-order valence-corrected chi connectivity index (χ4v) is 1.90. The Morgan fingerprint density at radius 3 is 2.11 bits per heavy atom. The Morgan fingerprint density at radius 2 is 1.63 bits per heavy atom. The molecule has 0 heterocycles. The Kier molecular flexibility index (Phi) is 6.18. The zero-order valence-corrected chi connectivity index (χ0v) is 11.8. The van der Waals surface area contributed by atoms with E-state index in [2.05, 4.69) is 16.7 Å². The smallest absolute Gasteiger partial charge is 0.187 e. The van der Waals surface area contributed by atoms with E-state index in [4.69, 9.17) is 5.11 Å². The molecule has 0 fully saturated rings. The second kappa shape index (κ2) is 7.40. The summed E-state index contributed by atoms with van der Waals surface area (Å²) in [4.78, 5) is 4.21. The number of phenolic OH excluding ortho intramolecular Hbond substituents is 1. The molecule has 0 aliphatic heterocycles. The van der Waals surface area contributed by atoms with Crippen LogP contribution in [0, 0.1) is 11.6 Å². The van der Waals surface area contributed by atoms with E-state index < -0.39 is 17.4 Å². The summed E-state index contributed by atoms with van der Waals surface area (Å²) in [6, 6.07) is 2.38. The van der Waals surface area contributed by atoms with Crippen molar-refractivity contribution in [3.8, 4) is 5.75 Å². The minimum atomic E-state index is -0.904. The normalized spacial score (nSPS) is 11.5. The Labute approximate surface area is 113 Å². The monoisotopic (exact) mass is 272 g/mol. The maximum atomic E-state index is 13.3. The molecule has 1 aromatic carbocycles. The minimum Gasteiger partial charge on any atom is -0.503 e. The molecule has 108 valence electrons. The number of rotatable bonds is 7. The summed E-state index contributed by atoms with van der Waals surface area (Å²) in [6.45, 7) is 5.16. The molecule has 0 aliphatic carbocycles. The molecule has 1 rings (SSSR count). The van der Waals surface area contributed by atoms with Crippen LogP contribution < -0.4 is 0 Å². The Bertz CT molecular complexity index is 387. The van der Waals surface area contributed by atoms with Gasteiger partial charge < -0.3 is 10.0 Å². The summed E-state index contributed by atoms with van der Waals surface area (Å²) in [6.07, 6.45) is 0.983. The van der Waals surface area contributed by atoms with Crippen LogP contribution in [0.25, 0.3) is 0 Å². The van der Waals surface area contributed by atoms with Gasteiger partial charge in [0.25, 0.3) is 0 Å². The molecule has 1 aromatic rings. The van der Waals surface area contributed by atoms with Crippen LogP contribution in [0.1, 0.15) is 18.9 Å². The fourth-order valence-electron chi connectivity index (χ4n) is 1.90. The molecule has 0 bridgehead atoms. The number of halogens is 2. The van der Waals surface area contributed by atoms with Crippen molar-refractivity contribution >= 4 is 0 Å². The highest BCUT2D eigenvalue weighted by Gasteiger charge is 2.12. The molecule has 0 saturated carbocycles. The standard InChI is InChI=1S/C14H22F2N2O/c1-4-5-18(7-6-17(2)3)10-11-8-12(15)14(19)13(16)9-11/h8-9,19H,4-7,10H2,1-3H3. The van der Waals surface area contributed by atoms with Gasteiger partial charge >= 0.3 is 0 Å². The molecular weight excluding hydrogens is 250 g/mol. The van der Waals surface area contributed by atoms with Gasteiger partial charge in [-0.15, -0.1) is 0 Å². The van der Waals surface area contributed by atoms with Crippen LogP contribution >= 0.6 is 0 Å². The predicted molar refractivity (Wildman–Crippen MR) is 72.1 cm³/mol. The third-order valence-electron chi connectivity index (χ3n) is 2.89. The molecule has 0 radical (unpaired) electrons. The van der Waals surface area contributed by atoms with Crippen LogP contribution in [-0.2, 0) is 6.54 Å². The van der Waals surface area contributed by atoms with Gasteiger partial charge in [0.05, 0.1) is 0 Å². The zero-order valence-electron chi connectivity index (χ0n) is 11.8. The summed E-state index contributed by atoms with van der Waals surface area (Å²) in [5.74, 6) is -2.71. The molecule has 0 unspecified atom stereocenters. The van der Waals surface area contributed by atoms with E-state index in [1.54, 1.807) is 0 Å². The summed E-state index contributed by atoms with van der Waals surface area (Å²) < 4.78 is 26.5. The van der Waals surface area contributed by atoms with Crippen LogP contribution in [0.4, 0.5) is 8.78 Å². The van der Waals surface area contributed by atoms with Crippen molar-refractivity contribution in [3.05, 3.63) is 29.3 Å². The van der Waals surface area contributed by atoms with Crippen molar-refractivity contribution in [1.29, 1.82) is 0 Å². The number of aromatic hydroxyl groups is 1. The molecule has 5 heteroatoms. The Hall–Kier alpha value is -1.20. The number of hydrogen-bond donors (Lipinski definition) is 1. The van der Waals surface area contributed by atoms with Crippen LogP contribution in [0.15, 0.2) is 12.1 Å². The average molecular weight is 272 g/mol. The summed E-state index contributed by atoms with van der Waals surface area (Å²) in [5, 5.41) is 9.07. The molecular formula is C14H22F2N2O. The van der Waals surface area contributed by atoms with Crippen LogP contribution in [-0.4, -0.2) is 48.6 Å². The highest BCUT2D eigenvalue weighted by Crippen LogP contribution is 2.22. The molecule has 3 nitrogen and oxygen atoms in total. The zero-order chi connectivity index (χ0) is 14.4. The molecule has 0 aliphatic rings. The first kappa shape index (κ1) is 15.9. The lowest BCUT2D eigenvalue weighted by Gasteiger charge is -2.23. The number of benzene rings is 1. The highest BCUT2D eigenvalue weighted by atomic mass is 19.1. The first-order valence-electron chi connectivity index (χ1n) is 6.48. The van der Waals surface area contributed by atoms with Gasteiger partial charge in [0.15, 0.2) is 17.4 Å². The van der Waals surface area contributed by atoms with E-state index in [1.807, 2.05) is 14.1 Å². The van der Waals surface area contributed by atoms with Crippen molar-refractivity contribution in [1.82, 2.24) is 9.80 Å². The van der Waals surface area contributed by atoms with Gasteiger partial charge in [-0.3, -0.25) is 4.90 Å². The SMILES string of the molecule is CCCN(CCN(C)C)Cc1cc(F)c(O)c(F)c1. The van der Waals surface area contributed by atoms with Gasteiger partial charge in [-0.1, -0.05) is 6.92 Å². The van der Waals surface area contributed by atoms with E-state index in [0.29, 0.717) is 12.1 Å². The molecule has 0 atom stereocenters. The topological polar surface area (TPSA) is 26.7 Å². The van der Waals surface area contributed by atoms with Crippen molar-refractivity contribution in [2.24, 2.45) is 0 Å². The average Bonchev–Trinajstić information content (AvgIpc) is 2.33. The second-order valence-corrected chi connectivity index (χ2v) is 4.99. The van der Waals surface area contributed by atoms with Crippen molar-refractivity contribution in [2.75, 3.05) is 33.7 Å². The number of likely N-dealkylation sites (N-methyl/N-ethyl adjacent to an activating group) is 1. The lowest BCUT2D eigenvalue weighted by Crippen LogP contribution is -2.32. The highest BCUT2D eigenvalue weighted by molar-refractivity contribution is 5.29. The van der Waals surface area contributed by atoms with Crippen molar-refractivity contribution < 1.29 is 13.9 Å². The number of hydrogen-bond acceptors (Lipinski definition) is 3. The third kappa shape index (κ3) is 5.12. The first-order valence-corrected chi connectivity index (χ1v) is 6.48. The van der Waals surface area contributed by atoms with Gasteiger partial charge in [0.1, 0.15) is 0 Å². The van der Waals surface area contributed by atoms with Crippen LogP contribution in [0.2, 0.25) is 0 Å². The van der Waals surface area contributed by atoms with E-state index >= 15 is 0 Å². The summed E-state index contributed by atoms with van der Waals surface area (Å²) in [7, 11) is 3.98. The molecule has 1 N–H and O–H groups in total. The van der Waals surface area contributed by atoms with E-state index in [1.165, 1.54) is 12.1 Å². The van der Waals surface area contributed by atoms with Crippen molar-refractivity contribution in [2.45, 2.75) is 19.9 Å². The lowest BCUT2D eigenvalue weighted by molar-refractivity contribution is 0.233. The van der Waals surface area contributed by atoms with Gasteiger partial charge in [-0.2, -0.15) is 0 Å². The third-order valence-corrected chi connectivity index (χ3v) is 2.89. The minimum absolute atomic E-state index is 0.482.